The highest BCUT2D eigenvalue weighted by atomic mass is 35.5. The molecule has 13 heteroatoms. The van der Waals surface area contributed by atoms with Crippen molar-refractivity contribution in [2.45, 2.75) is 18.0 Å². The minimum atomic E-state index is -4.89. The Kier molecular flexibility index (Phi) is 5.63. The van der Waals surface area contributed by atoms with Crippen molar-refractivity contribution in [1.82, 2.24) is 19.3 Å². The zero-order valence-electron chi connectivity index (χ0n) is 17.0. The summed E-state index contributed by atoms with van der Waals surface area (Å²) in [6.45, 7) is 1.20. The van der Waals surface area contributed by atoms with Crippen LogP contribution in [0.25, 0.3) is 16.8 Å². The summed E-state index contributed by atoms with van der Waals surface area (Å²) in [6.07, 6.45) is -4.89. The smallest absolute Gasteiger partial charge is 0.284 e. The highest BCUT2D eigenvalue weighted by Gasteiger charge is 2.38. The molecule has 34 heavy (non-hydrogen) atoms. The molecule has 0 saturated heterocycles. The Labute approximate surface area is 195 Å². The van der Waals surface area contributed by atoms with Crippen molar-refractivity contribution < 1.29 is 26.4 Å². The Balaban J connectivity index is 1.89. The Bertz CT molecular complexity index is 1600. The molecule has 4 rings (SSSR count). The fourth-order valence-corrected chi connectivity index (χ4v) is 4.71. The van der Waals surface area contributed by atoms with Crippen LogP contribution < -0.4 is 10.3 Å². The van der Waals surface area contributed by atoms with Crippen LogP contribution in [0.2, 0.25) is 5.02 Å². The average molecular weight is 509 g/mol. The summed E-state index contributed by atoms with van der Waals surface area (Å²) in [4.78, 5) is 29.3. The van der Waals surface area contributed by atoms with E-state index in [1.165, 1.54) is 31.2 Å². The van der Waals surface area contributed by atoms with Crippen LogP contribution >= 0.6 is 11.6 Å². The van der Waals surface area contributed by atoms with E-state index in [1.54, 1.807) is 10.8 Å². The lowest BCUT2D eigenvalue weighted by Crippen LogP contribution is -2.36. The molecule has 0 radical (unpaired) electrons. The lowest BCUT2D eigenvalue weighted by molar-refractivity contribution is -0.140. The molecule has 2 N–H and O–H groups in total. The van der Waals surface area contributed by atoms with Crippen LogP contribution in [0.3, 0.4) is 0 Å². The number of nitrogens with zero attached hydrogens (tertiary/aromatic N) is 2. The van der Waals surface area contributed by atoms with E-state index < -0.39 is 49.4 Å². The fraction of sp³-hybridized carbons (Fsp3) is 0.0952. The number of H-pyrrole nitrogens is 1. The van der Waals surface area contributed by atoms with Gasteiger partial charge in [-0.2, -0.15) is 17.7 Å². The Morgan fingerprint density at radius 2 is 1.82 bits per heavy atom. The quantitative estimate of drug-likeness (QED) is 0.439. The molecule has 0 aliphatic carbocycles. The monoisotopic (exact) mass is 508 g/mol. The molecule has 0 aliphatic rings. The van der Waals surface area contributed by atoms with Gasteiger partial charge in [-0.05, 0) is 12.5 Å². The van der Waals surface area contributed by atoms with Gasteiger partial charge < -0.3 is 0 Å². The van der Waals surface area contributed by atoms with Crippen molar-refractivity contribution in [2.24, 2.45) is 0 Å². The first-order valence-electron chi connectivity index (χ1n) is 9.34. The third kappa shape index (κ3) is 4.00. The average Bonchev–Trinajstić information content (AvgIpc) is 3.14. The van der Waals surface area contributed by atoms with Crippen molar-refractivity contribution in [2.75, 3.05) is 0 Å². The number of aryl methyl sites for hydroxylation is 1. The van der Waals surface area contributed by atoms with Gasteiger partial charge in [0.25, 0.3) is 21.5 Å². The molecule has 0 bridgehead atoms. The summed E-state index contributed by atoms with van der Waals surface area (Å²) < 4.78 is 68.5. The number of nitrogens with one attached hydrogen (secondary N) is 2. The van der Waals surface area contributed by atoms with Crippen molar-refractivity contribution in [3.05, 3.63) is 86.9 Å². The fourth-order valence-electron chi connectivity index (χ4n) is 3.31. The Morgan fingerprint density at radius 3 is 2.44 bits per heavy atom. The normalized spacial score (nSPS) is 11.9. The standard InChI is InChI=1S/C21H12ClF3N4O4S/c1-11-15(19(30)28-34(32,33)14-10-6-5-9-13(14)22)20(31)29-18(26-11)16(12-7-3-2-4-8-12)17(27-29)21(23,24)25/h2-4,7-10,27H,1H3,(H,28,30). The van der Waals surface area contributed by atoms with E-state index in [1.807, 2.05) is 5.10 Å². The number of rotatable bonds is 4. The van der Waals surface area contributed by atoms with E-state index >= 15 is 0 Å². The number of hydrogen-bond donors (Lipinski definition) is 2. The number of sulfonamides is 1. The van der Waals surface area contributed by atoms with Gasteiger partial charge in [0, 0.05) is 12.1 Å². The lowest BCUT2D eigenvalue weighted by atomic mass is 10.1. The van der Waals surface area contributed by atoms with Gasteiger partial charge in [-0.1, -0.05) is 54.1 Å². The molecule has 0 saturated carbocycles. The first-order valence-corrected chi connectivity index (χ1v) is 11.2. The summed E-state index contributed by atoms with van der Waals surface area (Å²) in [5.41, 5.74) is -4.16. The Morgan fingerprint density at radius 1 is 1.18 bits per heavy atom. The maximum absolute atomic E-state index is 13.8. The highest BCUT2D eigenvalue weighted by molar-refractivity contribution is 7.90. The topological polar surface area (TPSA) is 113 Å². The number of carbonyl (C=O) groups is 1. The van der Waals surface area contributed by atoms with Gasteiger partial charge in [0.2, 0.25) is 0 Å². The van der Waals surface area contributed by atoms with E-state index in [0.29, 0.717) is 4.52 Å². The second-order valence-corrected chi connectivity index (χ2v) is 9.04. The van der Waals surface area contributed by atoms with Gasteiger partial charge in [-0.15, -0.1) is 0 Å². The second-order valence-electron chi connectivity index (χ2n) is 6.99. The Hall–Kier alpha value is -3.82. The molecule has 1 amide bonds. The van der Waals surface area contributed by atoms with E-state index in [4.69, 9.17) is 11.6 Å². The number of alkyl halides is 3. The zero-order valence-corrected chi connectivity index (χ0v) is 18.6. The maximum atomic E-state index is 13.8. The van der Waals surface area contributed by atoms with Crippen LogP contribution in [0, 0.1) is 19.1 Å². The number of aromatic nitrogens is 3. The molecule has 0 unspecified atom stereocenters. The highest BCUT2D eigenvalue weighted by Crippen LogP contribution is 2.38. The van der Waals surface area contributed by atoms with Gasteiger partial charge in [0.05, 0.1) is 16.3 Å². The minimum absolute atomic E-state index is 0.131. The molecular weight excluding hydrogens is 497 g/mol. The zero-order chi connectivity index (χ0) is 24.8. The lowest BCUT2D eigenvalue weighted by Gasteiger charge is -2.09. The number of halogens is 4. The van der Waals surface area contributed by atoms with Crippen LogP contribution in [0.1, 0.15) is 21.7 Å². The van der Waals surface area contributed by atoms with Crippen LogP contribution in [-0.2, 0) is 16.2 Å². The molecule has 2 aromatic heterocycles. The van der Waals surface area contributed by atoms with E-state index in [9.17, 15) is 31.2 Å². The van der Waals surface area contributed by atoms with Crippen molar-refractivity contribution >= 4 is 33.2 Å². The number of carbonyl (C=O) groups excluding carboxylic acids is 1. The molecule has 0 atom stereocenters. The van der Waals surface area contributed by atoms with Crippen LogP contribution in [0.4, 0.5) is 13.2 Å². The molecule has 0 aliphatic heterocycles. The number of benzene rings is 1. The second kappa shape index (κ2) is 8.19. The predicted molar refractivity (Wildman–Crippen MR) is 115 cm³/mol. The predicted octanol–water partition coefficient (Wildman–Crippen LogP) is 3.39. The van der Waals surface area contributed by atoms with Gasteiger partial charge >= 0.3 is 6.18 Å². The minimum Gasteiger partial charge on any atom is -0.284 e. The molecule has 0 spiro atoms. The molecule has 0 fully saturated rings. The first kappa shape index (κ1) is 23.3. The molecule has 8 nitrogen and oxygen atoms in total. The number of amides is 1. The van der Waals surface area contributed by atoms with Crippen molar-refractivity contribution in [3.63, 3.8) is 0 Å². The van der Waals surface area contributed by atoms with Crippen LogP contribution in [0.5, 0.6) is 0 Å². The molecular formula is C21H12ClF3N4O4S. The third-order valence-corrected chi connectivity index (χ3v) is 6.57. The van der Waals surface area contributed by atoms with Gasteiger partial charge in [0.1, 0.15) is 16.2 Å². The number of hydrogen-bond acceptors (Lipinski definition) is 5. The number of fused-ring (bicyclic) bond motifs is 1. The van der Waals surface area contributed by atoms with E-state index in [0.717, 1.165) is 12.1 Å². The van der Waals surface area contributed by atoms with Crippen LogP contribution in [-0.4, -0.2) is 28.9 Å². The SMILES string of the molecule is Cc1nc2c(-c3ccccc3)c(C(F)(F)F)[nH]n2c(=O)c1C(=O)NS(=O)(=O)c1cc#ccc1Cl. The summed E-state index contributed by atoms with van der Waals surface area (Å²) >= 11 is 5.83. The largest absolute Gasteiger partial charge is 0.433 e. The number of aromatic amines is 1. The summed E-state index contributed by atoms with van der Waals surface area (Å²) in [7, 11) is -4.54. The summed E-state index contributed by atoms with van der Waals surface area (Å²) in [6, 6.07) is 14.3. The van der Waals surface area contributed by atoms with Crippen LogP contribution in [0.15, 0.2) is 52.2 Å². The first-order chi connectivity index (χ1) is 15.9. The van der Waals surface area contributed by atoms with E-state index in [-0.39, 0.29) is 21.9 Å². The summed E-state index contributed by atoms with van der Waals surface area (Å²) in [5.74, 6) is -1.39. The van der Waals surface area contributed by atoms with E-state index in [2.05, 4.69) is 17.1 Å². The van der Waals surface area contributed by atoms with Gasteiger partial charge in [0.15, 0.2) is 5.65 Å². The maximum Gasteiger partial charge on any atom is 0.433 e. The summed E-state index contributed by atoms with van der Waals surface area (Å²) in [5, 5.41) is 1.70. The third-order valence-electron chi connectivity index (χ3n) is 4.77. The van der Waals surface area contributed by atoms with Gasteiger partial charge in [-0.3, -0.25) is 14.7 Å². The molecule has 2 heterocycles. The molecule has 2 aromatic carbocycles. The van der Waals surface area contributed by atoms with Crippen molar-refractivity contribution in [1.29, 1.82) is 0 Å². The molecule has 4 aromatic rings. The van der Waals surface area contributed by atoms with Gasteiger partial charge in [-0.25, -0.2) is 18.1 Å². The molecule has 174 valence electrons. The van der Waals surface area contributed by atoms with Crippen molar-refractivity contribution in [3.8, 4) is 11.1 Å².